The lowest BCUT2D eigenvalue weighted by Crippen LogP contribution is -2.30. The summed E-state index contributed by atoms with van der Waals surface area (Å²) in [6.45, 7) is 2.41. The third-order valence-corrected chi connectivity index (χ3v) is 5.12. The Hall–Kier alpha value is -2.63. The van der Waals surface area contributed by atoms with Gasteiger partial charge in [0.2, 0.25) is 0 Å². The number of hydrogen-bond donors (Lipinski definition) is 1. The van der Waals surface area contributed by atoms with Crippen LogP contribution in [0.4, 0.5) is 17.2 Å². The molecule has 0 bridgehead atoms. The maximum atomic E-state index is 13.0. The zero-order valence-electron chi connectivity index (χ0n) is 14.5. The van der Waals surface area contributed by atoms with E-state index in [9.17, 15) is 4.79 Å². The average Bonchev–Trinajstić information content (AvgIpc) is 3.08. The molecule has 5 nitrogen and oxygen atoms in total. The summed E-state index contributed by atoms with van der Waals surface area (Å²) in [6, 6.07) is 14.8. The molecule has 0 atom stereocenters. The van der Waals surface area contributed by atoms with Gasteiger partial charge in [-0.1, -0.05) is 41.4 Å². The topological polar surface area (TPSA) is 58.1 Å². The van der Waals surface area contributed by atoms with Gasteiger partial charge in [0, 0.05) is 24.0 Å². The van der Waals surface area contributed by atoms with Gasteiger partial charge in [-0.3, -0.25) is 4.79 Å². The summed E-state index contributed by atoms with van der Waals surface area (Å²) in [4.78, 5) is 23.5. The molecule has 1 aliphatic heterocycles. The number of amides is 1. The number of carbonyl (C=O) groups is 1. The molecule has 2 heterocycles. The number of nitrogens with one attached hydrogen (secondary N) is 1. The lowest BCUT2D eigenvalue weighted by atomic mass is 10.2. The highest BCUT2D eigenvalue weighted by Gasteiger charge is 2.26. The summed E-state index contributed by atoms with van der Waals surface area (Å²) in [5.41, 5.74) is 3.19. The van der Waals surface area contributed by atoms with Gasteiger partial charge in [0.25, 0.3) is 5.91 Å². The maximum absolute atomic E-state index is 13.0. The Bertz CT molecular complexity index is 1040. The molecule has 0 fully saturated rings. The molecule has 136 valence electrons. The molecule has 1 amide bonds. The second-order valence-electron chi connectivity index (χ2n) is 6.28. The minimum Gasteiger partial charge on any atom is -0.340 e. The number of fused-ring (bicyclic) bond motifs is 1. The van der Waals surface area contributed by atoms with Crippen molar-refractivity contribution in [2.45, 2.75) is 13.3 Å². The Morgan fingerprint density at radius 1 is 1.07 bits per heavy atom. The van der Waals surface area contributed by atoms with E-state index in [1.165, 1.54) is 5.56 Å². The second-order valence-corrected chi connectivity index (χ2v) is 7.09. The van der Waals surface area contributed by atoms with E-state index >= 15 is 0 Å². The first-order valence-corrected chi connectivity index (χ1v) is 9.24. The molecule has 2 aromatic carbocycles. The molecule has 0 spiro atoms. The highest BCUT2D eigenvalue weighted by Crippen LogP contribution is 2.30. The minimum atomic E-state index is -0.136. The van der Waals surface area contributed by atoms with Crippen molar-refractivity contribution in [3.8, 4) is 0 Å². The highest BCUT2D eigenvalue weighted by molar-refractivity contribution is 6.42. The number of carbonyl (C=O) groups excluding carboxylic acids is 1. The fraction of sp³-hybridized carbons (Fsp3) is 0.150. The number of anilines is 3. The minimum absolute atomic E-state index is 0.136. The van der Waals surface area contributed by atoms with Crippen molar-refractivity contribution in [2.75, 3.05) is 16.8 Å². The lowest BCUT2D eigenvalue weighted by molar-refractivity contribution is 0.0984. The quantitative estimate of drug-likeness (QED) is 0.671. The molecule has 1 aliphatic rings. The van der Waals surface area contributed by atoms with E-state index in [4.69, 9.17) is 23.2 Å². The first-order valence-electron chi connectivity index (χ1n) is 8.49. The summed E-state index contributed by atoms with van der Waals surface area (Å²) in [5, 5.41) is 4.07. The molecule has 0 aliphatic carbocycles. The van der Waals surface area contributed by atoms with Crippen molar-refractivity contribution < 1.29 is 4.79 Å². The number of aromatic nitrogens is 2. The van der Waals surface area contributed by atoms with Gasteiger partial charge in [0.05, 0.1) is 10.0 Å². The maximum Gasteiger partial charge on any atom is 0.277 e. The molecule has 0 saturated carbocycles. The Balaban J connectivity index is 1.62. The van der Waals surface area contributed by atoms with Crippen LogP contribution in [0.25, 0.3) is 0 Å². The summed E-state index contributed by atoms with van der Waals surface area (Å²) >= 11 is 12.0. The largest absolute Gasteiger partial charge is 0.340 e. The predicted octanol–water partition coefficient (Wildman–Crippen LogP) is 5.04. The van der Waals surface area contributed by atoms with Gasteiger partial charge in [-0.25, -0.2) is 9.97 Å². The first kappa shape index (κ1) is 17.8. The van der Waals surface area contributed by atoms with Crippen LogP contribution in [-0.2, 0) is 6.42 Å². The highest BCUT2D eigenvalue weighted by atomic mass is 35.5. The van der Waals surface area contributed by atoms with Crippen molar-refractivity contribution in [3.63, 3.8) is 0 Å². The zero-order valence-corrected chi connectivity index (χ0v) is 16.1. The van der Waals surface area contributed by atoms with E-state index in [0.29, 0.717) is 33.9 Å². The van der Waals surface area contributed by atoms with E-state index < -0.39 is 0 Å². The third kappa shape index (κ3) is 3.61. The van der Waals surface area contributed by atoms with Gasteiger partial charge in [-0.05, 0) is 43.2 Å². The van der Waals surface area contributed by atoms with Crippen LogP contribution in [0.5, 0.6) is 0 Å². The van der Waals surface area contributed by atoms with E-state index in [-0.39, 0.29) is 5.91 Å². The summed E-state index contributed by atoms with van der Waals surface area (Å²) in [5.74, 6) is 0.898. The molecular weight excluding hydrogens is 383 g/mol. The third-order valence-electron chi connectivity index (χ3n) is 4.38. The molecule has 0 saturated heterocycles. The monoisotopic (exact) mass is 398 g/mol. The van der Waals surface area contributed by atoms with Crippen LogP contribution in [0.1, 0.15) is 21.9 Å². The fourth-order valence-electron chi connectivity index (χ4n) is 3.15. The number of para-hydroxylation sites is 1. The van der Waals surface area contributed by atoms with Gasteiger partial charge in [0.15, 0.2) is 0 Å². The first-order chi connectivity index (χ1) is 13.0. The molecular formula is C20H16Cl2N4O. The zero-order chi connectivity index (χ0) is 19.0. The number of hydrogen-bond acceptors (Lipinski definition) is 4. The van der Waals surface area contributed by atoms with E-state index in [1.54, 1.807) is 36.1 Å². The predicted molar refractivity (Wildman–Crippen MR) is 108 cm³/mol. The number of nitrogens with zero attached hydrogens (tertiary/aromatic N) is 3. The van der Waals surface area contributed by atoms with E-state index in [1.807, 2.05) is 24.3 Å². The van der Waals surface area contributed by atoms with Crippen molar-refractivity contribution in [1.82, 2.24) is 9.97 Å². The number of benzene rings is 2. The van der Waals surface area contributed by atoms with Crippen LogP contribution in [0, 0.1) is 6.92 Å². The smallest absolute Gasteiger partial charge is 0.277 e. The average molecular weight is 399 g/mol. The fourth-order valence-corrected chi connectivity index (χ4v) is 3.45. The Kier molecular flexibility index (Phi) is 4.72. The Morgan fingerprint density at radius 2 is 1.89 bits per heavy atom. The number of aryl methyl sites for hydroxylation is 1. The van der Waals surface area contributed by atoms with Gasteiger partial charge >= 0.3 is 0 Å². The van der Waals surface area contributed by atoms with Gasteiger partial charge in [-0.15, -0.1) is 0 Å². The molecule has 7 heteroatoms. The van der Waals surface area contributed by atoms with Crippen LogP contribution in [-0.4, -0.2) is 22.4 Å². The van der Waals surface area contributed by atoms with Crippen LogP contribution in [0.2, 0.25) is 10.0 Å². The van der Waals surface area contributed by atoms with Gasteiger partial charge in [-0.2, -0.15) is 0 Å². The van der Waals surface area contributed by atoms with Crippen molar-refractivity contribution >= 4 is 46.3 Å². The van der Waals surface area contributed by atoms with Gasteiger partial charge in [0.1, 0.15) is 17.3 Å². The molecule has 3 aromatic rings. The second kappa shape index (κ2) is 7.18. The van der Waals surface area contributed by atoms with Crippen molar-refractivity contribution in [2.24, 2.45) is 0 Å². The SMILES string of the molecule is Cc1nc(Nc2ccc(Cl)c(Cl)c2)cc(C(=O)N2CCc3ccccc32)n1. The Morgan fingerprint density at radius 3 is 2.70 bits per heavy atom. The summed E-state index contributed by atoms with van der Waals surface area (Å²) in [6.07, 6.45) is 0.848. The summed E-state index contributed by atoms with van der Waals surface area (Å²) in [7, 11) is 0. The molecule has 1 aromatic heterocycles. The Labute approximate surface area is 167 Å². The molecule has 27 heavy (non-hydrogen) atoms. The van der Waals surface area contributed by atoms with E-state index in [0.717, 1.165) is 17.8 Å². The van der Waals surface area contributed by atoms with Crippen LogP contribution in [0.3, 0.4) is 0 Å². The molecule has 1 N–H and O–H groups in total. The lowest BCUT2D eigenvalue weighted by Gasteiger charge is -2.17. The number of rotatable bonds is 3. The number of halogens is 2. The molecule has 0 radical (unpaired) electrons. The molecule has 4 rings (SSSR count). The van der Waals surface area contributed by atoms with Crippen LogP contribution < -0.4 is 10.2 Å². The van der Waals surface area contributed by atoms with Crippen molar-refractivity contribution in [1.29, 1.82) is 0 Å². The molecule has 0 unspecified atom stereocenters. The summed E-state index contributed by atoms with van der Waals surface area (Å²) < 4.78 is 0. The van der Waals surface area contributed by atoms with Gasteiger partial charge < -0.3 is 10.2 Å². The van der Waals surface area contributed by atoms with E-state index in [2.05, 4.69) is 15.3 Å². The van der Waals surface area contributed by atoms with Crippen molar-refractivity contribution in [3.05, 3.63) is 75.7 Å². The standard InChI is InChI=1S/C20H16Cl2N4O/c1-12-23-17(20(27)26-9-8-13-4-2-3-5-18(13)26)11-19(24-12)25-14-6-7-15(21)16(22)10-14/h2-7,10-11H,8-9H2,1H3,(H,23,24,25). The van der Waals surface area contributed by atoms with Crippen LogP contribution in [0.15, 0.2) is 48.5 Å². The normalized spacial score (nSPS) is 12.8. The van der Waals surface area contributed by atoms with Crippen LogP contribution >= 0.6 is 23.2 Å².